The van der Waals surface area contributed by atoms with Crippen molar-refractivity contribution in [3.05, 3.63) is 0 Å². The zero-order valence-corrected chi connectivity index (χ0v) is 11.0. The molecule has 0 aliphatic heterocycles. The summed E-state index contributed by atoms with van der Waals surface area (Å²) in [6, 6.07) is 0.0602. The second kappa shape index (κ2) is 5.85. The van der Waals surface area contributed by atoms with Gasteiger partial charge in [-0.05, 0) is 38.0 Å². The minimum absolute atomic E-state index is 0.0602. The molecule has 2 fully saturated rings. The SMILES string of the molecule is CC(N)CNC(=O)C1CCC2CCCCC2C1. The van der Waals surface area contributed by atoms with Crippen LogP contribution in [-0.4, -0.2) is 18.5 Å². The molecular formula is C14H26N2O. The van der Waals surface area contributed by atoms with E-state index in [1.165, 1.54) is 32.1 Å². The molecule has 3 N–H and O–H groups in total. The van der Waals surface area contributed by atoms with Gasteiger partial charge in [-0.15, -0.1) is 0 Å². The molecule has 3 heteroatoms. The van der Waals surface area contributed by atoms with Gasteiger partial charge in [-0.2, -0.15) is 0 Å². The van der Waals surface area contributed by atoms with E-state index in [2.05, 4.69) is 5.32 Å². The van der Waals surface area contributed by atoms with Crippen LogP contribution in [0.1, 0.15) is 51.9 Å². The van der Waals surface area contributed by atoms with Gasteiger partial charge in [0.05, 0.1) is 0 Å². The summed E-state index contributed by atoms with van der Waals surface area (Å²) in [7, 11) is 0. The molecule has 0 aromatic rings. The highest BCUT2D eigenvalue weighted by molar-refractivity contribution is 5.78. The fraction of sp³-hybridized carbons (Fsp3) is 0.929. The fourth-order valence-corrected chi connectivity index (χ4v) is 3.52. The first kappa shape index (κ1) is 12.9. The Bertz CT molecular complexity index is 265. The van der Waals surface area contributed by atoms with Gasteiger partial charge < -0.3 is 11.1 Å². The van der Waals surface area contributed by atoms with Gasteiger partial charge in [0.15, 0.2) is 0 Å². The molecule has 0 aromatic carbocycles. The van der Waals surface area contributed by atoms with Crippen LogP contribution in [0.25, 0.3) is 0 Å². The molecule has 0 saturated heterocycles. The summed E-state index contributed by atoms with van der Waals surface area (Å²) in [6.45, 7) is 2.54. The molecule has 2 aliphatic rings. The Morgan fingerprint density at radius 2 is 1.94 bits per heavy atom. The summed E-state index contributed by atoms with van der Waals surface area (Å²) in [5, 5.41) is 2.98. The molecule has 98 valence electrons. The number of hydrogen-bond donors (Lipinski definition) is 2. The standard InChI is InChI=1S/C14H26N2O/c1-10(15)9-16-14(17)13-7-6-11-4-2-3-5-12(11)8-13/h10-13H,2-9,15H2,1H3,(H,16,17). The lowest BCUT2D eigenvalue weighted by molar-refractivity contribution is -0.127. The lowest BCUT2D eigenvalue weighted by Crippen LogP contribution is -2.41. The zero-order valence-electron chi connectivity index (χ0n) is 11.0. The summed E-state index contributed by atoms with van der Waals surface area (Å²) < 4.78 is 0. The van der Waals surface area contributed by atoms with Crippen LogP contribution in [0.15, 0.2) is 0 Å². The number of amides is 1. The third-order valence-electron chi connectivity index (χ3n) is 4.51. The zero-order chi connectivity index (χ0) is 12.3. The normalized spacial score (nSPS) is 34.8. The second-order valence-electron chi connectivity index (χ2n) is 6.04. The molecule has 2 aliphatic carbocycles. The van der Waals surface area contributed by atoms with Gasteiger partial charge in [-0.25, -0.2) is 0 Å². The molecule has 17 heavy (non-hydrogen) atoms. The van der Waals surface area contributed by atoms with Crippen LogP contribution >= 0.6 is 0 Å². The number of hydrogen-bond acceptors (Lipinski definition) is 2. The summed E-state index contributed by atoms with van der Waals surface area (Å²) >= 11 is 0. The number of nitrogens with two attached hydrogens (primary N) is 1. The minimum atomic E-state index is 0.0602. The van der Waals surface area contributed by atoms with Crippen molar-refractivity contribution >= 4 is 5.91 Å². The van der Waals surface area contributed by atoms with Gasteiger partial charge in [0.1, 0.15) is 0 Å². The summed E-state index contributed by atoms with van der Waals surface area (Å²) in [5.74, 6) is 2.24. The van der Waals surface area contributed by atoms with Crippen LogP contribution in [0.2, 0.25) is 0 Å². The maximum atomic E-state index is 12.0. The first-order chi connectivity index (χ1) is 8.16. The van der Waals surface area contributed by atoms with Crippen molar-refractivity contribution < 1.29 is 4.79 Å². The maximum Gasteiger partial charge on any atom is 0.223 e. The van der Waals surface area contributed by atoms with E-state index in [0.717, 1.165) is 24.7 Å². The molecule has 0 bridgehead atoms. The average molecular weight is 238 g/mol. The number of rotatable bonds is 3. The monoisotopic (exact) mass is 238 g/mol. The van der Waals surface area contributed by atoms with Crippen molar-refractivity contribution in [1.29, 1.82) is 0 Å². The molecule has 0 heterocycles. The first-order valence-electron chi connectivity index (χ1n) is 7.20. The van der Waals surface area contributed by atoms with Gasteiger partial charge in [0, 0.05) is 18.5 Å². The van der Waals surface area contributed by atoms with Crippen molar-refractivity contribution in [3.63, 3.8) is 0 Å². The predicted octanol–water partition coefficient (Wildman–Crippen LogP) is 2.06. The van der Waals surface area contributed by atoms with Gasteiger partial charge >= 0.3 is 0 Å². The number of carbonyl (C=O) groups is 1. The van der Waals surface area contributed by atoms with Crippen molar-refractivity contribution in [3.8, 4) is 0 Å². The number of nitrogens with one attached hydrogen (secondary N) is 1. The molecule has 0 radical (unpaired) electrons. The number of carbonyl (C=O) groups excluding carboxylic acids is 1. The maximum absolute atomic E-state index is 12.0. The smallest absolute Gasteiger partial charge is 0.223 e. The van der Waals surface area contributed by atoms with E-state index < -0.39 is 0 Å². The Morgan fingerprint density at radius 1 is 1.24 bits per heavy atom. The Morgan fingerprint density at radius 3 is 2.65 bits per heavy atom. The second-order valence-corrected chi connectivity index (χ2v) is 6.04. The minimum Gasteiger partial charge on any atom is -0.354 e. The molecule has 2 saturated carbocycles. The lowest BCUT2D eigenvalue weighted by Gasteiger charge is -2.38. The summed E-state index contributed by atoms with van der Waals surface area (Å²) in [4.78, 5) is 12.0. The topological polar surface area (TPSA) is 55.1 Å². The van der Waals surface area contributed by atoms with Crippen molar-refractivity contribution in [2.75, 3.05) is 6.54 Å². The lowest BCUT2D eigenvalue weighted by atomic mass is 9.67. The van der Waals surface area contributed by atoms with E-state index in [0.29, 0.717) is 6.54 Å². The highest BCUT2D eigenvalue weighted by atomic mass is 16.1. The van der Waals surface area contributed by atoms with Crippen LogP contribution in [0.3, 0.4) is 0 Å². The van der Waals surface area contributed by atoms with Gasteiger partial charge in [0.25, 0.3) is 0 Å². The Balaban J connectivity index is 1.80. The molecule has 3 nitrogen and oxygen atoms in total. The largest absolute Gasteiger partial charge is 0.354 e. The van der Waals surface area contributed by atoms with Gasteiger partial charge in [-0.1, -0.05) is 25.7 Å². The van der Waals surface area contributed by atoms with Crippen molar-refractivity contribution in [2.45, 2.75) is 57.9 Å². The third-order valence-corrected chi connectivity index (χ3v) is 4.51. The van der Waals surface area contributed by atoms with Crippen LogP contribution in [0, 0.1) is 17.8 Å². The van der Waals surface area contributed by atoms with Crippen LogP contribution in [-0.2, 0) is 4.79 Å². The van der Waals surface area contributed by atoms with Gasteiger partial charge in [-0.3, -0.25) is 4.79 Å². The van der Waals surface area contributed by atoms with E-state index >= 15 is 0 Å². The molecule has 2 rings (SSSR count). The first-order valence-corrected chi connectivity index (χ1v) is 7.20. The van der Waals surface area contributed by atoms with Crippen molar-refractivity contribution in [2.24, 2.45) is 23.5 Å². The van der Waals surface area contributed by atoms with E-state index in [9.17, 15) is 4.79 Å². The number of fused-ring (bicyclic) bond motifs is 1. The van der Waals surface area contributed by atoms with E-state index in [4.69, 9.17) is 5.73 Å². The van der Waals surface area contributed by atoms with Crippen LogP contribution in [0.5, 0.6) is 0 Å². The predicted molar refractivity (Wildman–Crippen MR) is 69.4 cm³/mol. The molecule has 0 aromatic heterocycles. The summed E-state index contributed by atoms with van der Waals surface area (Å²) in [6.07, 6.45) is 9.00. The Hall–Kier alpha value is -0.570. The molecule has 0 spiro atoms. The van der Waals surface area contributed by atoms with E-state index in [-0.39, 0.29) is 17.9 Å². The highest BCUT2D eigenvalue weighted by Gasteiger charge is 2.34. The van der Waals surface area contributed by atoms with E-state index in [1.54, 1.807) is 0 Å². The quantitative estimate of drug-likeness (QED) is 0.790. The molecule has 1 amide bonds. The van der Waals surface area contributed by atoms with Crippen LogP contribution in [0.4, 0.5) is 0 Å². The summed E-state index contributed by atoms with van der Waals surface area (Å²) in [5.41, 5.74) is 5.66. The molecule has 4 atom stereocenters. The average Bonchev–Trinajstić information content (AvgIpc) is 2.35. The highest BCUT2D eigenvalue weighted by Crippen LogP contribution is 2.42. The molecular weight excluding hydrogens is 212 g/mol. The van der Waals surface area contributed by atoms with Gasteiger partial charge in [0.2, 0.25) is 5.91 Å². The van der Waals surface area contributed by atoms with E-state index in [1.807, 2.05) is 6.92 Å². The molecule has 4 unspecified atom stereocenters. The van der Waals surface area contributed by atoms with Crippen molar-refractivity contribution in [1.82, 2.24) is 5.32 Å². The fourth-order valence-electron chi connectivity index (χ4n) is 3.52. The Kier molecular flexibility index (Phi) is 4.43. The van der Waals surface area contributed by atoms with Crippen LogP contribution < -0.4 is 11.1 Å². The Labute approximate surface area is 105 Å². The third kappa shape index (κ3) is 3.44.